The highest BCUT2D eigenvalue weighted by Gasteiger charge is 2.39. The summed E-state index contributed by atoms with van der Waals surface area (Å²) < 4.78 is 5.51. The fourth-order valence-corrected chi connectivity index (χ4v) is 4.04. The van der Waals surface area contributed by atoms with E-state index in [1.165, 1.54) is 0 Å². The zero-order valence-corrected chi connectivity index (χ0v) is 16.0. The highest BCUT2D eigenvalue weighted by molar-refractivity contribution is 7.99. The Kier molecular flexibility index (Phi) is 6.14. The van der Waals surface area contributed by atoms with Gasteiger partial charge < -0.3 is 10.1 Å². The standard InChI is InChI=1S/C20H24N2O3S/c1-3-26-11-10-25-20(24)17-13(2)22-15-7-4-8-16(23)19(15)18(17)14-6-5-9-21-12-14/h5-6,9,12,18,22H,3-4,7-8,10-11H2,1-2H3. The maximum absolute atomic E-state index is 12.9. The molecule has 1 aromatic rings. The molecule has 0 aromatic carbocycles. The zero-order chi connectivity index (χ0) is 18.5. The van der Waals surface area contributed by atoms with Crippen LogP contribution in [0.1, 0.15) is 44.6 Å². The number of allylic oxidation sites excluding steroid dienone is 3. The predicted octanol–water partition coefficient (Wildman–Crippen LogP) is 3.35. The van der Waals surface area contributed by atoms with Gasteiger partial charge in [-0.25, -0.2) is 4.79 Å². The summed E-state index contributed by atoms with van der Waals surface area (Å²) in [7, 11) is 0. The normalized spacial score (nSPS) is 19.9. The number of hydrogen-bond donors (Lipinski definition) is 1. The minimum atomic E-state index is -0.404. The van der Waals surface area contributed by atoms with Crippen molar-refractivity contribution >= 4 is 23.5 Å². The molecule has 1 aromatic heterocycles. The first-order valence-corrected chi connectivity index (χ1v) is 10.2. The fourth-order valence-electron chi connectivity index (χ4n) is 3.55. The van der Waals surface area contributed by atoms with E-state index in [2.05, 4.69) is 17.2 Å². The van der Waals surface area contributed by atoms with Crippen molar-refractivity contribution in [3.8, 4) is 0 Å². The molecule has 1 aliphatic heterocycles. The van der Waals surface area contributed by atoms with E-state index in [-0.39, 0.29) is 11.8 Å². The number of pyridine rings is 1. The van der Waals surface area contributed by atoms with Gasteiger partial charge in [0.25, 0.3) is 0 Å². The second kappa shape index (κ2) is 8.54. The molecule has 138 valence electrons. The van der Waals surface area contributed by atoms with Gasteiger partial charge in [0.2, 0.25) is 0 Å². The molecule has 1 N–H and O–H groups in total. The van der Waals surface area contributed by atoms with Gasteiger partial charge >= 0.3 is 5.97 Å². The number of carbonyl (C=O) groups is 2. The van der Waals surface area contributed by atoms with Crippen LogP contribution in [0.2, 0.25) is 0 Å². The Morgan fingerprint density at radius 3 is 3.00 bits per heavy atom. The largest absolute Gasteiger partial charge is 0.461 e. The van der Waals surface area contributed by atoms with E-state index in [1.807, 2.05) is 19.1 Å². The average molecular weight is 372 g/mol. The van der Waals surface area contributed by atoms with E-state index in [9.17, 15) is 9.59 Å². The number of Topliss-reactive ketones (excluding diaryl/α,β-unsaturated/α-hetero) is 1. The van der Waals surface area contributed by atoms with Gasteiger partial charge in [-0.3, -0.25) is 9.78 Å². The molecule has 0 spiro atoms. The number of rotatable bonds is 6. The second-order valence-electron chi connectivity index (χ2n) is 6.38. The lowest BCUT2D eigenvalue weighted by Gasteiger charge is -2.34. The Morgan fingerprint density at radius 2 is 2.27 bits per heavy atom. The molecule has 0 saturated carbocycles. The zero-order valence-electron chi connectivity index (χ0n) is 15.2. The number of esters is 1. The summed E-state index contributed by atoms with van der Waals surface area (Å²) in [5.41, 5.74) is 3.77. The number of ether oxygens (including phenoxy) is 1. The molecular weight excluding hydrogens is 348 g/mol. The summed E-state index contributed by atoms with van der Waals surface area (Å²) >= 11 is 1.73. The molecule has 2 aliphatic rings. The number of aromatic nitrogens is 1. The van der Waals surface area contributed by atoms with Gasteiger partial charge in [-0.15, -0.1) is 0 Å². The molecule has 0 saturated heterocycles. The van der Waals surface area contributed by atoms with Crippen molar-refractivity contribution in [3.05, 3.63) is 52.6 Å². The first-order chi connectivity index (χ1) is 12.6. The van der Waals surface area contributed by atoms with Gasteiger partial charge in [-0.05, 0) is 37.1 Å². The van der Waals surface area contributed by atoms with Crippen LogP contribution in [0.3, 0.4) is 0 Å². The highest BCUT2D eigenvalue weighted by Crippen LogP contribution is 2.42. The minimum absolute atomic E-state index is 0.104. The molecular formula is C20H24N2O3S. The summed E-state index contributed by atoms with van der Waals surface area (Å²) in [5, 5.41) is 3.29. The number of nitrogens with zero attached hydrogens (tertiary/aromatic N) is 1. The van der Waals surface area contributed by atoms with Crippen molar-refractivity contribution in [3.63, 3.8) is 0 Å². The van der Waals surface area contributed by atoms with Gasteiger partial charge in [0.1, 0.15) is 6.61 Å². The van der Waals surface area contributed by atoms with Crippen LogP contribution in [0.4, 0.5) is 0 Å². The minimum Gasteiger partial charge on any atom is -0.461 e. The molecule has 0 fully saturated rings. The van der Waals surface area contributed by atoms with Crippen molar-refractivity contribution in [1.29, 1.82) is 0 Å². The molecule has 2 heterocycles. The van der Waals surface area contributed by atoms with Crippen LogP contribution < -0.4 is 5.32 Å². The first-order valence-electron chi connectivity index (χ1n) is 9.02. The molecule has 0 radical (unpaired) electrons. The fraction of sp³-hybridized carbons (Fsp3) is 0.450. The second-order valence-corrected chi connectivity index (χ2v) is 7.78. The predicted molar refractivity (Wildman–Crippen MR) is 103 cm³/mol. The molecule has 26 heavy (non-hydrogen) atoms. The number of nitrogens with one attached hydrogen (secondary N) is 1. The third-order valence-corrected chi connectivity index (χ3v) is 5.54. The molecule has 1 unspecified atom stereocenters. The van der Waals surface area contributed by atoms with Crippen molar-refractivity contribution < 1.29 is 14.3 Å². The first kappa shape index (κ1) is 18.7. The van der Waals surface area contributed by atoms with E-state index in [0.717, 1.165) is 41.3 Å². The smallest absolute Gasteiger partial charge is 0.336 e. The van der Waals surface area contributed by atoms with E-state index in [0.29, 0.717) is 24.2 Å². The maximum atomic E-state index is 12.9. The van der Waals surface area contributed by atoms with Crippen LogP contribution in [0, 0.1) is 0 Å². The number of hydrogen-bond acceptors (Lipinski definition) is 6. The van der Waals surface area contributed by atoms with Gasteiger partial charge in [-0.1, -0.05) is 13.0 Å². The van der Waals surface area contributed by atoms with Crippen LogP contribution in [-0.2, 0) is 14.3 Å². The summed E-state index contributed by atoms with van der Waals surface area (Å²) in [5.74, 6) is 1.10. The van der Waals surface area contributed by atoms with E-state index < -0.39 is 5.92 Å². The van der Waals surface area contributed by atoms with Crippen molar-refractivity contribution in [2.24, 2.45) is 0 Å². The lowest BCUT2D eigenvalue weighted by atomic mass is 9.75. The summed E-state index contributed by atoms with van der Waals surface area (Å²) in [6.45, 7) is 4.32. The number of thioether (sulfide) groups is 1. The number of ketones is 1. The molecule has 5 nitrogen and oxygen atoms in total. The average Bonchev–Trinajstić information content (AvgIpc) is 2.65. The number of dihydropyridines is 1. The highest BCUT2D eigenvalue weighted by atomic mass is 32.2. The number of carbonyl (C=O) groups excluding carboxylic acids is 2. The third-order valence-electron chi connectivity index (χ3n) is 4.68. The van der Waals surface area contributed by atoms with Crippen LogP contribution >= 0.6 is 11.8 Å². The molecule has 0 bridgehead atoms. The SMILES string of the molecule is CCSCCOC(=O)C1=C(C)NC2=C(C(=O)CCC2)C1c1cccnc1. The van der Waals surface area contributed by atoms with Crippen molar-refractivity contribution in [2.45, 2.75) is 39.0 Å². The molecule has 1 aliphatic carbocycles. The van der Waals surface area contributed by atoms with E-state index in [1.54, 1.807) is 24.2 Å². The third kappa shape index (κ3) is 3.85. The van der Waals surface area contributed by atoms with Crippen LogP contribution in [-0.4, -0.2) is 34.8 Å². The van der Waals surface area contributed by atoms with Crippen LogP contribution in [0.5, 0.6) is 0 Å². The van der Waals surface area contributed by atoms with Gasteiger partial charge in [0.15, 0.2) is 5.78 Å². The van der Waals surface area contributed by atoms with Crippen molar-refractivity contribution in [2.75, 3.05) is 18.1 Å². The maximum Gasteiger partial charge on any atom is 0.336 e. The Hall–Kier alpha value is -2.08. The van der Waals surface area contributed by atoms with E-state index in [4.69, 9.17) is 4.74 Å². The van der Waals surface area contributed by atoms with Gasteiger partial charge in [-0.2, -0.15) is 11.8 Å². The quantitative estimate of drug-likeness (QED) is 0.610. The molecule has 0 amide bonds. The summed E-state index contributed by atoms with van der Waals surface area (Å²) in [6, 6.07) is 3.75. The Labute approximate surface area is 158 Å². The Balaban J connectivity index is 1.95. The molecule has 6 heteroatoms. The van der Waals surface area contributed by atoms with Crippen LogP contribution in [0.15, 0.2) is 47.1 Å². The van der Waals surface area contributed by atoms with Gasteiger partial charge in [0.05, 0.1) is 5.57 Å². The summed E-state index contributed by atoms with van der Waals surface area (Å²) in [4.78, 5) is 29.7. The van der Waals surface area contributed by atoms with Crippen LogP contribution in [0.25, 0.3) is 0 Å². The molecule has 3 rings (SSSR count). The Morgan fingerprint density at radius 1 is 1.42 bits per heavy atom. The van der Waals surface area contributed by atoms with E-state index >= 15 is 0 Å². The van der Waals surface area contributed by atoms with Gasteiger partial charge in [0, 0.05) is 47.5 Å². The topological polar surface area (TPSA) is 68.3 Å². The Bertz CT molecular complexity index is 756. The summed E-state index contributed by atoms with van der Waals surface area (Å²) in [6.07, 6.45) is 5.61. The lowest BCUT2D eigenvalue weighted by Crippen LogP contribution is -2.34. The lowest BCUT2D eigenvalue weighted by molar-refractivity contribution is -0.138. The monoisotopic (exact) mass is 372 g/mol. The van der Waals surface area contributed by atoms with Crippen molar-refractivity contribution in [1.82, 2.24) is 10.3 Å². The molecule has 1 atom stereocenters.